The second kappa shape index (κ2) is 9.51. The Kier molecular flexibility index (Phi) is 7.33. The van der Waals surface area contributed by atoms with E-state index >= 15 is 0 Å². The summed E-state index contributed by atoms with van der Waals surface area (Å²) in [5, 5.41) is 0. The van der Waals surface area contributed by atoms with Gasteiger partial charge in [0.1, 0.15) is 12.3 Å². The van der Waals surface area contributed by atoms with Gasteiger partial charge in [0.15, 0.2) is 11.5 Å². The maximum absolute atomic E-state index is 13.5. The largest absolute Gasteiger partial charge is 0.495 e. The summed E-state index contributed by atoms with van der Waals surface area (Å²) in [6.45, 7) is 3.09. The Hall–Kier alpha value is -2.94. The standard InChI is InChI=1S/C20H25NO7S/c1-6-28-20(22)13-21(16-11-14(2)7-9-17(16)25-3)29(23,24)15-8-10-18(26-4)19(12-15)27-5/h7-12H,6,13H2,1-5H3. The molecule has 0 atom stereocenters. The van der Waals surface area contributed by atoms with Crippen LogP contribution in [0.2, 0.25) is 0 Å². The molecular formula is C20H25NO7S. The van der Waals surface area contributed by atoms with E-state index in [0.717, 1.165) is 9.87 Å². The van der Waals surface area contributed by atoms with Crippen molar-refractivity contribution in [3.8, 4) is 17.2 Å². The summed E-state index contributed by atoms with van der Waals surface area (Å²) in [5.74, 6) is 0.265. The normalized spacial score (nSPS) is 10.9. The molecule has 0 aliphatic heterocycles. The van der Waals surface area contributed by atoms with Gasteiger partial charge in [-0.2, -0.15) is 0 Å². The van der Waals surface area contributed by atoms with Gasteiger partial charge in [-0.15, -0.1) is 0 Å². The lowest BCUT2D eigenvalue weighted by molar-refractivity contribution is -0.141. The number of hydrogen-bond acceptors (Lipinski definition) is 7. The molecule has 0 amide bonds. The topological polar surface area (TPSA) is 91.4 Å². The number of sulfonamides is 1. The summed E-state index contributed by atoms with van der Waals surface area (Å²) in [6.07, 6.45) is 0. The summed E-state index contributed by atoms with van der Waals surface area (Å²) in [6, 6.07) is 9.28. The molecule has 0 saturated carbocycles. The third-order valence-electron chi connectivity index (χ3n) is 4.12. The number of methoxy groups -OCH3 is 3. The van der Waals surface area contributed by atoms with Crippen LogP contribution in [0.5, 0.6) is 17.2 Å². The molecule has 9 heteroatoms. The zero-order valence-corrected chi connectivity index (χ0v) is 17.9. The molecule has 0 aromatic heterocycles. The van der Waals surface area contributed by atoms with Crippen molar-refractivity contribution in [3.63, 3.8) is 0 Å². The van der Waals surface area contributed by atoms with Gasteiger partial charge in [0.05, 0.1) is 38.5 Å². The number of anilines is 1. The molecule has 158 valence electrons. The predicted molar refractivity (Wildman–Crippen MR) is 108 cm³/mol. The van der Waals surface area contributed by atoms with Gasteiger partial charge in [0.25, 0.3) is 10.0 Å². The third kappa shape index (κ3) is 4.92. The summed E-state index contributed by atoms with van der Waals surface area (Å²) in [7, 11) is 0.139. The molecule has 2 rings (SSSR count). The van der Waals surface area contributed by atoms with Gasteiger partial charge >= 0.3 is 5.97 Å². The van der Waals surface area contributed by atoms with Crippen molar-refractivity contribution in [2.75, 3.05) is 38.8 Å². The number of nitrogens with zero attached hydrogens (tertiary/aromatic N) is 1. The quantitative estimate of drug-likeness (QED) is 0.573. The van der Waals surface area contributed by atoms with Crippen LogP contribution in [-0.4, -0.2) is 48.9 Å². The van der Waals surface area contributed by atoms with Crippen molar-refractivity contribution in [2.45, 2.75) is 18.7 Å². The van der Waals surface area contributed by atoms with Gasteiger partial charge in [-0.05, 0) is 43.7 Å². The van der Waals surface area contributed by atoms with Crippen LogP contribution in [0, 0.1) is 6.92 Å². The Morgan fingerprint density at radius 2 is 1.55 bits per heavy atom. The van der Waals surface area contributed by atoms with E-state index < -0.39 is 22.5 Å². The van der Waals surface area contributed by atoms with Crippen LogP contribution in [0.4, 0.5) is 5.69 Å². The van der Waals surface area contributed by atoms with Gasteiger partial charge in [0.2, 0.25) is 0 Å². The second-order valence-electron chi connectivity index (χ2n) is 6.01. The number of hydrogen-bond donors (Lipinski definition) is 0. The van der Waals surface area contributed by atoms with E-state index in [9.17, 15) is 13.2 Å². The number of rotatable bonds is 9. The molecule has 0 aliphatic carbocycles. The van der Waals surface area contributed by atoms with Gasteiger partial charge in [-0.1, -0.05) is 6.07 Å². The molecular weight excluding hydrogens is 398 g/mol. The van der Waals surface area contributed by atoms with E-state index in [1.165, 1.54) is 39.5 Å². The monoisotopic (exact) mass is 423 g/mol. The summed E-state index contributed by atoms with van der Waals surface area (Å²) in [5.41, 5.74) is 1.03. The number of carbonyl (C=O) groups excluding carboxylic acids is 1. The Bertz CT molecular complexity index is 973. The molecule has 29 heavy (non-hydrogen) atoms. The average Bonchev–Trinajstić information content (AvgIpc) is 2.71. The number of aryl methyl sites for hydroxylation is 1. The fraction of sp³-hybridized carbons (Fsp3) is 0.350. The zero-order valence-electron chi connectivity index (χ0n) is 17.1. The van der Waals surface area contributed by atoms with Crippen LogP contribution in [0.3, 0.4) is 0 Å². The Morgan fingerprint density at radius 3 is 2.14 bits per heavy atom. The first-order valence-electron chi connectivity index (χ1n) is 8.83. The van der Waals surface area contributed by atoms with Crippen molar-refractivity contribution in [1.82, 2.24) is 0 Å². The smallest absolute Gasteiger partial charge is 0.326 e. The maximum Gasteiger partial charge on any atom is 0.326 e. The zero-order chi connectivity index (χ0) is 21.6. The van der Waals surface area contributed by atoms with Crippen LogP contribution in [0.15, 0.2) is 41.3 Å². The molecule has 0 saturated heterocycles. The summed E-state index contributed by atoms with van der Waals surface area (Å²) >= 11 is 0. The number of ether oxygens (including phenoxy) is 4. The van der Waals surface area contributed by atoms with E-state index in [1.54, 1.807) is 25.1 Å². The number of carbonyl (C=O) groups is 1. The van der Waals surface area contributed by atoms with Gasteiger partial charge < -0.3 is 18.9 Å². The minimum atomic E-state index is -4.16. The Morgan fingerprint density at radius 1 is 0.931 bits per heavy atom. The van der Waals surface area contributed by atoms with Crippen LogP contribution in [0.1, 0.15) is 12.5 Å². The lowest BCUT2D eigenvalue weighted by Gasteiger charge is -2.26. The predicted octanol–water partition coefficient (Wildman–Crippen LogP) is 2.78. The summed E-state index contributed by atoms with van der Waals surface area (Å²) in [4.78, 5) is 12.1. The van der Waals surface area contributed by atoms with Crippen LogP contribution >= 0.6 is 0 Å². The van der Waals surface area contributed by atoms with Crippen LogP contribution in [0.25, 0.3) is 0 Å². The van der Waals surface area contributed by atoms with Crippen molar-refractivity contribution in [1.29, 1.82) is 0 Å². The number of benzene rings is 2. The molecule has 8 nitrogen and oxygen atoms in total. The highest BCUT2D eigenvalue weighted by Crippen LogP contribution is 2.36. The van der Waals surface area contributed by atoms with Gasteiger partial charge in [0, 0.05) is 6.07 Å². The lowest BCUT2D eigenvalue weighted by atomic mass is 10.2. The van der Waals surface area contributed by atoms with Crippen LogP contribution < -0.4 is 18.5 Å². The molecule has 0 heterocycles. The Balaban J connectivity index is 2.64. The Labute approximate surface area is 171 Å². The van der Waals surface area contributed by atoms with Gasteiger partial charge in [-0.25, -0.2) is 8.42 Å². The second-order valence-corrected chi connectivity index (χ2v) is 7.87. The van der Waals surface area contributed by atoms with Crippen molar-refractivity contribution < 1.29 is 32.2 Å². The van der Waals surface area contributed by atoms with E-state index in [4.69, 9.17) is 18.9 Å². The van der Waals surface area contributed by atoms with E-state index in [2.05, 4.69) is 0 Å². The molecule has 0 aliphatic rings. The molecule has 0 N–H and O–H groups in total. The third-order valence-corrected chi connectivity index (χ3v) is 5.88. The first-order valence-corrected chi connectivity index (χ1v) is 10.3. The number of esters is 1. The minimum absolute atomic E-state index is 0.0667. The fourth-order valence-electron chi connectivity index (χ4n) is 2.72. The highest BCUT2D eigenvalue weighted by molar-refractivity contribution is 7.92. The van der Waals surface area contributed by atoms with Crippen molar-refractivity contribution >= 4 is 21.7 Å². The van der Waals surface area contributed by atoms with Crippen molar-refractivity contribution in [2.24, 2.45) is 0 Å². The van der Waals surface area contributed by atoms with Crippen molar-refractivity contribution in [3.05, 3.63) is 42.0 Å². The van der Waals surface area contributed by atoms with Gasteiger partial charge in [-0.3, -0.25) is 9.10 Å². The highest BCUT2D eigenvalue weighted by atomic mass is 32.2. The molecule has 0 bridgehead atoms. The first kappa shape index (κ1) is 22.4. The summed E-state index contributed by atoms with van der Waals surface area (Å²) < 4.78 is 48.6. The minimum Gasteiger partial charge on any atom is -0.495 e. The van der Waals surface area contributed by atoms with E-state index in [0.29, 0.717) is 11.5 Å². The molecule has 2 aromatic rings. The maximum atomic E-state index is 13.5. The first-order chi connectivity index (χ1) is 13.8. The molecule has 0 radical (unpaired) electrons. The average molecular weight is 423 g/mol. The van der Waals surface area contributed by atoms with E-state index in [1.807, 2.05) is 6.92 Å². The fourth-order valence-corrected chi connectivity index (χ4v) is 4.15. The lowest BCUT2D eigenvalue weighted by Crippen LogP contribution is -2.37. The SMILES string of the molecule is CCOC(=O)CN(c1cc(C)ccc1OC)S(=O)(=O)c1ccc(OC)c(OC)c1. The molecule has 0 unspecified atom stereocenters. The molecule has 2 aromatic carbocycles. The molecule has 0 spiro atoms. The van der Waals surface area contributed by atoms with E-state index in [-0.39, 0.29) is 22.9 Å². The highest BCUT2D eigenvalue weighted by Gasteiger charge is 2.31. The molecule has 0 fully saturated rings. The van der Waals surface area contributed by atoms with Crippen LogP contribution in [-0.2, 0) is 19.6 Å².